The normalized spacial score (nSPS) is 34.4. The highest BCUT2D eigenvalue weighted by Gasteiger charge is 2.44. The second-order valence-electron chi connectivity index (χ2n) is 6.54. The first-order valence-electron chi connectivity index (χ1n) is 6.95. The molecule has 17 heavy (non-hydrogen) atoms. The van der Waals surface area contributed by atoms with Gasteiger partial charge in [-0.25, -0.2) is 0 Å². The highest BCUT2D eigenvalue weighted by atomic mass is 15.0. The summed E-state index contributed by atoms with van der Waals surface area (Å²) >= 11 is 0. The SMILES string of the molecule is C[C@@H]1CC[C@@H]2C(C1)Nc1ccccc1C2(C)C. The van der Waals surface area contributed by atoms with Crippen molar-refractivity contribution in [1.29, 1.82) is 0 Å². The summed E-state index contributed by atoms with van der Waals surface area (Å²) in [5, 5.41) is 3.78. The zero-order valence-corrected chi connectivity index (χ0v) is 11.2. The van der Waals surface area contributed by atoms with Crippen LogP contribution in [0.25, 0.3) is 0 Å². The van der Waals surface area contributed by atoms with Gasteiger partial charge in [-0.3, -0.25) is 0 Å². The number of hydrogen-bond acceptors (Lipinski definition) is 1. The summed E-state index contributed by atoms with van der Waals surface area (Å²) < 4.78 is 0. The summed E-state index contributed by atoms with van der Waals surface area (Å²) in [5.74, 6) is 1.68. The quantitative estimate of drug-likeness (QED) is 0.703. The zero-order chi connectivity index (χ0) is 12.0. The Morgan fingerprint density at radius 2 is 1.94 bits per heavy atom. The van der Waals surface area contributed by atoms with Crippen molar-refractivity contribution in [2.75, 3.05) is 5.32 Å². The predicted molar refractivity (Wildman–Crippen MR) is 73.4 cm³/mol. The molecule has 1 aliphatic carbocycles. The Kier molecular flexibility index (Phi) is 2.46. The minimum Gasteiger partial charge on any atom is -0.382 e. The topological polar surface area (TPSA) is 12.0 Å². The summed E-state index contributed by atoms with van der Waals surface area (Å²) in [6.07, 6.45) is 4.11. The van der Waals surface area contributed by atoms with E-state index in [-0.39, 0.29) is 0 Å². The van der Waals surface area contributed by atoms with E-state index >= 15 is 0 Å². The molecule has 0 bridgehead atoms. The molecule has 0 aromatic heterocycles. The minimum absolute atomic E-state index is 0.326. The Labute approximate surface area is 105 Å². The zero-order valence-electron chi connectivity index (χ0n) is 11.2. The van der Waals surface area contributed by atoms with Gasteiger partial charge in [0.15, 0.2) is 0 Å². The number of benzene rings is 1. The molecule has 3 atom stereocenters. The molecule has 1 aromatic rings. The molecular weight excluding hydrogens is 206 g/mol. The van der Waals surface area contributed by atoms with E-state index in [1.807, 2.05) is 0 Å². The molecule has 1 aromatic carbocycles. The third kappa shape index (κ3) is 1.67. The van der Waals surface area contributed by atoms with Crippen LogP contribution in [0, 0.1) is 11.8 Å². The van der Waals surface area contributed by atoms with Gasteiger partial charge in [0.25, 0.3) is 0 Å². The van der Waals surface area contributed by atoms with Gasteiger partial charge >= 0.3 is 0 Å². The van der Waals surface area contributed by atoms with Crippen molar-refractivity contribution >= 4 is 5.69 Å². The van der Waals surface area contributed by atoms with Crippen LogP contribution in [0.3, 0.4) is 0 Å². The second-order valence-corrected chi connectivity index (χ2v) is 6.54. The number of rotatable bonds is 0. The molecule has 1 aliphatic heterocycles. The van der Waals surface area contributed by atoms with Gasteiger partial charge in [-0.05, 0) is 41.7 Å². The van der Waals surface area contributed by atoms with Gasteiger partial charge in [0.05, 0.1) is 0 Å². The average molecular weight is 229 g/mol. The Morgan fingerprint density at radius 1 is 1.18 bits per heavy atom. The number of hydrogen-bond donors (Lipinski definition) is 1. The van der Waals surface area contributed by atoms with Crippen LogP contribution >= 0.6 is 0 Å². The van der Waals surface area contributed by atoms with Crippen LogP contribution in [0.1, 0.15) is 45.6 Å². The van der Waals surface area contributed by atoms with Crippen molar-refractivity contribution in [2.45, 2.75) is 51.5 Å². The fraction of sp³-hybridized carbons (Fsp3) is 0.625. The first-order chi connectivity index (χ1) is 8.09. The standard InChI is InChI=1S/C16H23N/c1-11-8-9-13-15(10-11)17-14-7-5-4-6-12(14)16(13,2)3/h4-7,11,13,15,17H,8-10H2,1-3H3/t11-,13-,15?/m1/s1. The van der Waals surface area contributed by atoms with Gasteiger partial charge in [-0.2, -0.15) is 0 Å². The van der Waals surface area contributed by atoms with E-state index in [1.165, 1.54) is 30.5 Å². The van der Waals surface area contributed by atoms with Crippen LogP contribution in [0.2, 0.25) is 0 Å². The van der Waals surface area contributed by atoms with E-state index in [9.17, 15) is 0 Å². The molecule has 1 saturated carbocycles. The average Bonchev–Trinajstić information content (AvgIpc) is 2.28. The van der Waals surface area contributed by atoms with E-state index in [4.69, 9.17) is 0 Å². The fourth-order valence-electron chi connectivity index (χ4n) is 3.97. The molecular formula is C16H23N. The summed E-state index contributed by atoms with van der Waals surface area (Å²) in [5.41, 5.74) is 3.20. The Morgan fingerprint density at radius 3 is 2.76 bits per heavy atom. The van der Waals surface area contributed by atoms with Crippen molar-refractivity contribution < 1.29 is 0 Å². The highest BCUT2D eigenvalue weighted by Crippen LogP contribution is 2.48. The molecule has 1 heterocycles. The first kappa shape index (κ1) is 11.1. The van der Waals surface area contributed by atoms with Gasteiger partial charge < -0.3 is 5.32 Å². The van der Waals surface area contributed by atoms with Gasteiger partial charge in [-0.1, -0.05) is 45.4 Å². The van der Waals surface area contributed by atoms with Gasteiger partial charge in [0, 0.05) is 11.7 Å². The van der Waals surface area contributed by atoms with Crippen molar-refractivity contribution in [3.05, 3.63) is 29.8 Å². The molecule has 92 valence electrons. The molecule has 0 amide bonds. The maximum absolute atomic E-state index is 3.78. The summed E-state index contributed by atoms with van der Waals surface area (Å²) in [6, 6.07) is 9.55. The molecule has 0 radical (unpaired) electrons. The Bertz CT molecular complexity index is 421. The van der Waals surface area contributed by atoms with Crippen LogP contribution in [-0.2, 0) is 5.41 Å². The van der Waals surface area contributed by atoms with Crippen LogP contribution < -0.4 is 5.32 Å². The maximum Gasteiger partial charge on any atom is 0.0380 e. The van der Waals surface area contributed by atoms with Crippen molar-refractivity contribution in [2.24, 2.45) is 11.8 Å². The monoisotopic (exact) mass is 229 g/mol. The molecule has 0 saturated heterocycles. The molecule has 1 fully saturated rings. The smallest absolute Gasteiger partial charge is 0.0380 e. The van der Waals surface area contributed by atoms with E-state index in [1.54, 1.807) is 0 Å². The molecule has 1 N–H and O–H groups in total. The van der Waals surface area contributed by atoms with Crippen LogP contribution in [0.4, 0.5) is 5.69 Å². The highest BCUT2D eigenvalue weighted by molar-refractivity contribution is 5.58. The van der Waals surface area contributed by atoms with E-state index < -0.39 is 0 Å². The predicted octanol–water partition coefficient (Wildman–Crippen LogP) is 4.19. The van der Waals surface area contributed by atoms with Crippen molar-refractivity contribution in [3.63, 3.8) is 0 Å². The lowest BCUT2D eigenvalue weighted by Gasteiger charge is -2.49. The summed E-state index contributed by atoms with van der Waals surface area (Å²) in [6.45, 7) is 7.26. The van der Waals surface area contributed by atoms with E-state index in [2.05, 4.69) is 50.4 Å². The van der Waals surface area contributed by atoms with E-state index in [0.717, 1.165) is 11.8 Å². The lowest BCUT2D eigenvalue weighted by molar-refractivity contribution is 0.174. The van der Waals surface area contributed by atoms with Crippen molar-refractivity contribution in [3.8, 4) is 0 Å². The maximum atomic E-state index is 3.78. The largest absolute Gasteiger partial charge is 0.382 e. The minimum atomic E-state index is 0.326. The molecule has 1 nitrogen and oxygen atoms in total. The van der Waals surface area contributed by atoms with Crippen LogP contribution in [0.15, 0.2) is 24.3 Å². The summed E-state index contributed by atoms with van der Waals surface area (Å²) in [7, 11) is 0. The second kappa shape index (κ2) is 3.76. The lowest BCUT2D eigenvalue weighted by atomic mass is 9.61. The third-order valence-corrected chi connectivity index (χ3v) is 5.00. The van der Waals surface area contributed by atoms with Crippen LogP contribution in [-0.4, -0.2) is 6.04 Å². The van der Waals surface area contributed by atoms with Crippen molar-refractivity contribution in [1.82, 2.24) is 0 Å². The van der Waals surface area contributed by atoms with Gasteiger partial charge in [-0.15, -0.1) is 0 Å². The fourth-order valence-corrected chi connectivity index (χ4v) is 3.97. The van der Waals surface area contributed by atoms with Crippen LogP contribution in [0.5, 0.6) is 0 Å². The van der Waals surface area contributed by atoms with Gasteiger partial charge in [0.1, 0.15) is 0 Å². The number of fused-ring (bicyclic) bond motifs is 2. The van der Waals surface area contributed by atoms with Gasteiger partial charge in [0.2, 0.25) is 0 Å². The number of nitrogens with one attached hydrogen (secondary N) is 1. The Balaban J connectivity index is 2.03. The first-order valence-corrected chi connectivity index (χ1v) is 6.95. The van der Waals surface area contributed by atoms with E-state index in [0.29, 0.717) is 11.5 Å². The molecule has 1 heteroatoms. The molecule has 3 rings (SSSR count). The number of para-hydroxylation sites is 1. The molecule has 1 unspecified atom stereocenters. The lowest BCUT2D eigenvalue weighted by Crippen LogP contribution is -2.48. The molecule has 2 aliphatic rings. The third-order valence-electron chi connectivity index (χ3n) is 5.00. The number of anilines is 1. The molecule has 0 spiro atoms. The summed E-state index contributed by atoms with van der Waals surface area (Å²) in [4.78, 5) is 0. The Hall–Kier alpha value is -0.980.